The molecule has 1 saturated heterocycles. The summed E-state index contributed by atoms with van der Waals surface area (Å²) in [7, 11) is 0. The summed E-state index contributed by atoms with van der Waals surface area (Å²) in [6.07, 6.45) is 0. The number of hydrogen-bond donors (Lipinski definition) is 0. The third kappa shape index (κ3) is 4.64. The maximum absolute atomic E-state index is 13.6. The van der Waals surface area contributed by atoms with Gasteiger partial charge in [0.05, 0.1) is 5.25 Å². The molecular formula is C23H27FN2O2S. The van der Waals surface area contributed by atoms with Crippen LogP contribution in [0.25, 0.3) is 0 Å². The van der Waals surface area contributed by atoms with Gasteiger partial charge in [0.15, 0.2) is 0 Å². The number of aryl methyl sites for hydroxylation is 1. The van der Waals surface area contributed by atoms with Gasteiger partial charge in [-0.15, -0.1) is 11.8 Å². The molecule has 3 rings (SSSR count). The van der Waals surface area contributed by atoms with Crippen molar-refractivity contribution in [3.63, 3.8) is 0 Å². The quantitative estimate of drug-likeness (QED) is 0.691. The van der Waals surface area contributed by atoms with Crippen molar-refractivity contribution in [2.45, 2.75) is 44.4 Å². The van der Waals surface area contributed by atoms with Crippen molar-refractivity contribution in [3.8, 4) is 0 Å². The molecule has 0 spiro atoms. The Labute approximate surface area is 176 Å². The molecule has 2 atom stereocenters. The Morgan fingerprint density at radius 2 is 1.93 bits per heavy atom. The zero-order chi connectivity index (χ0) is 21.1. The molecule has 2 amide bonds. The van der Waals surface area contributed by atoms with E-state index in [4.69, 9.17) is 0 Å². The third-order valence-corrected chi connectivity index (χ3v) is 6.62. The highest BCUT2D eigenvalue weighted by Crippen LogP contribution is 2.43. The highest BCUT2D eigenvalue weighted by Gasteiger charge is 2.39. The van der Waals surface area contributed by atoms with Gasteiger partial charge in [-0.1, -0.05) is 30.3 Å². The Hall–Kier alpha value is -2.34. The highest BCUT2D eigenvalue weighted by molar-refractivity contribution is 8.01. The maximum Gasteiger partial charge on any atom is 0.254 e. The lowest BCUT2D eigenvalue weighted by atomic mass is 10.1. The second kappa shape index (κ2) is 8.99. The number of carbonyl (C=O) groups is 2. The minimum atomic E-state index is -0.431. The number of amides is 2. The second-order valence-corrected chi connectivity index (χ2v) is 9.05. The lowest BCUT2D eigenvalue weighted by molar-refractivity contribution is -0.130. The minimum absolute atomic E-state index is 0.0583. The first kappa shape index (κ1) is 21.4. The highest BCUT2D eigenvalue weighted by atomic mass is 32.2. The molecule has 0 unspecified atom stereocenters. The van der Waals surface area contributed by atoms with Crippen LogP contribution in [0.3, 0.4) is 0 Å². The third-order valence-electron chi connectivity index (χ3n) is 5.24. The van der Waals surface area contributed by atoms with E-state index in [1.807, 2.05) is 37.8 Å². The lowest BCUT2D eigenvalue weighted by Gasteiger charge is -2.31. The van der Waals surface area contributed by atoms with Crippen LogP contribution in [0.2, 0.25) is 0 Å². The fraction of sp³-hybridized carbons (Fsp3) is 0.391. The van der Waals surface area contributed by atoms with Crippen molar-refractivity contribution in [1.29, 1.82) is 0 Å². The van der Waals surface area contributed by atoms with E-state index in [0.29, 0.717) is 18.7 Å². The lowest BCUT2D eigenvalue weighted by Crippen LogP contribution is -2.43. The van der Waals surface area contributed by atoms with Gasteiger partial charge in [0, 0.05) is 24.7 Å². The van der Waals surface area contributed by atoms with Gasteiger partial charge in [-0.05, 0) is 57.0 Å². The summed E-state index contributed by atoms with van der Waals surface area (Å²) in [5.41, 5.74) is 2.60. The topological polar surface area (TPSA) is 40.6 Å². The Morgan fingerprint density at radius 1 is 1.21 bits per heavy atom. The molecule has 1 aliphatic heterocycles. The Kier molecular flexibility index (Phi) is 6.63. The molecule has 0 aromatic heterocycles. The van der Waals surface area contributed by atoms with Gasteiger partial charge in [0.1, 0.15) is 11.2 Å². The van der Waals surface area contributed by atoms with Gasteiger partial charge in [-0.2, -0.15) is 0 Å². The van der Waals surface area contributed by atoms with Gasteiger partial charge < -0.3 is 9.80 Å². The summed E-state index contributed by atoms with van der Waals surface area (Å²) < 4.78 is 13.6. The summed E-state index contributed by atoms with van der Waals surface area (Å²) in [6.45, 7) is 8.67. The van der Waals surface area contributed by atoms with E-state index in [2.05, 4.69) is 19.1 Å². The SMILES string of the molecule is Cc1ccccc1[C@@H]1S[C@@H](C)C(=O)N1CCN(C(=O)c1cccc(F)c1)C(C)C. The molecule has 4 nitrogen and oxygen atoms in total. The number of rotatable bonds is 6. The van der Waals surface area contributed by atoms with Gasteiger partial charge in [0.25, 0.3) is 5.91 Å². The second-order valence-electron chi connectivity index (χ2n) is 7.62. The van der Waals surface area contributed by atoms with Crippen molar-refractivity contribution in [2.24, 2.45) is 0 Å². The van der Waals surface area contributed by atoms with E-state index in [-0.39, 0.29) is 28.5 Å². The maximum atomic E-state index is 13.6. The van der Waals surface area contributed by atoms with Crippen LogP contribution in [-0.2, 0) is 4.79 Å². The first-order valence-corrected chi connectivity index (χ1v) is 10.8. The molecule has 1 aliphatic rings. The molecule has 154 valence electrons. The number of carbonyl (C=O) groups excluding carboxylic acids is 2. The minimum Gasteiger partial charge on any atom is -0.334 e. The molecule has 1 fully saturated rings. The monoisotopic (exact) mass is 414 g/mol. The van der Waals surface area contributed by atoms with Gasteiger partial charge in [-0.25, -0.2) is 4.39 Å². The molecule has 2 aromatic carbocycles. The zero-order valence-electron chi connectivity index (χ0n) is 17.3. The van der Waals surface area contributed by atoms with Crippen molar-refractivity contribution in [3.05, 3.63) is 71.0 Å². The van der Waals surface area contributed by atoms with Gasteiger partial charge in [-0.3, -0.25) is 9.59 Å². The van der Waals surface area contributed by atoms with Crippen LogP contribution in [0.5, 0.6) is 0 Å². The molecular weight excluding hydrogens is 387 g/mol. The fourth-order valence-corrected chi connectivity index (χ4v) is 5.01. The van der Waals surface area contributed by atoms with Gasteiger partial charge >= 0.3 is 0 Å². The van der Waals surface area contributed by atoms with E-state index >= 15 is 0 Å². The predicted molar refractivity (Wildman–Crippen MR) is 115 cm³/mol. The Morgan fingerprint density at radius 3 is 2.59 bits per heavy atom. The van der Waals surface area contributed by atoms with E-state index in [0.717, 1.165) is 11.1 Å². The summed E-state index contributed by atoms with van der Waals surface area (Å²) in [4.78, 5) is 29.3. The molecule has 0 aliphatic carbocycles. The predicted octanol–water partition coefficient (Wildman–Crippen LogP) is 4.65. The first-order valence-electron chi connectivity index (χ1n) is 9.87. The molecule has 29 heavy (non-hydrogen) atoms. The van der Waals surface area contributed by atoms with Crippen LogP contribution in [0, 0.1) is 12.7 Å². The smallest absolute Gasteiger partial charge is 0.254 e. The van der Waals surface area contributed by atoms with Crippen LogP contribution in [0.15, 0.2) is 48.5 Å². The molecule has 0 radical (unpaired) electrons. The average molecular weight is 415 g/mol. The van der Waals surface area contributed by atoms with Crippen LogP contribution >= 0.6 is 11.8 Å². The van der Waals surface area contributed by atoms with Crippen LogP contribution in [0.1, 0.15) is 47.6 Å². The van der Waals surface area contributed by atoms with E-state index in [1.165, 1.54) is 18.2 Å². The van der Waals surface area contributed by atoms with Crippen molar-refractivity contribution >= 4 is 23.6 Å². The van der Waals surface area contributed by atoms with Crippen molar-refractivity contribution in [2.75, 3.05) is 13.1 Å². The van der Waals surface area contributed by atoms with E-state index in [1.54, 1.807) is 22.7 Å². The molecule has 0 bridgehead atoms. The number of thioether (sulfide) groups is 1. The fourth-order valence-electron chi connectivity index (χ4n) is 3.60. The van der Waals surface area contributed by atoms with Crippen LogP contribution in [0.4, 0.5) is 4.39 Å². The van der Waals surface area contributed by atoms with Crippen LogP contribution < -0.4 is 0 Å². The number of hydrogen-bond acceptors (Lipinski definition) is 3. The summed E-state index contributed by atoms with van der Waals surface area (Å²) >= 11 is 1.64. The molecule has 2 aromatic rings. The first-order chi connectivity index (χ1) is 13.8. The Bertz CT molecular complexity index is 902. The average Bonchev–Trinajstić information content (AvgIpc) is 2.96. The van der Waals surface area contributed by atoms with Crippen molar-refractivity contribution in [1.82, 2.24) is 9.80 Å². The summed E-state index contributed by atoms with van der Waals surface area (Å²) in [5.74, 6) is -0.566. The number of nitrogens with zero attached hydrogens (tertiary/aromatic N) is 2. The number of benzene rings is 2. The molecule has 0 N–H and O–H groups in total. The molecule has 0 saturated carbocycles. The Balaban J connectivity index is 1.79. The van der Waals surface area contributed by atoms with E-state index < -0.39 is 5.82 Å². The normalized spacial score (nSPS) is 19.1. The summed E-state index contributed by atoms with van der Waals surface area (Å²) in [6, 6.07) is 13.8. The summed E-state index contributed by atoms with van der Waals surface area (Å²) in [5, 5.41) is -0.178. The van der Waals surface area contributed by atoms with E-state index in [9.17, 15) is 14.0 Å². The number of halogens is 1. The largest absolute Gasteiger partial charge is 0.334 e. The molecule has 6 heteroatoms. The standard InChI is InChI=1S/C23H27FN2O2S/c1-15(2)25(22(28)18-9-7-10-19(24)14-18)12-13-26-21(27)17(4)29-23(26)20-11-6-5-8-16(20)3/h5-11,14-15,17,23H,12-13H2,1-4H3/t17-,23-/m0/s1. The van der Waals surface area contributed by atoms with Crippen molar-refractivity contribution < 1.29 is 14.0 Å². The van der Waals surface area contributed by atoms with Crippen LogP contribution in [-0.4, -0.2) is 46.0 Å². The molecule has 1 heterocycles. The van der Waals surface area contributed by atoms with Gasteiger partial charge in [0.2, 0.25) is 5.91 Å². The zero-order valence-corrected chi connectivity index (χ0v) is 18.1.